The van der Waals surface area contributed by atoms with Crippen molar-refractivity contribution in [2.75, 3.05) is 20.2 Å². The molecule has 0 aromatic heterocycles. The molecule has 1 saturated heterocycles. The van der Waals surface area contributed by atoms with E-state index in [1.165, 1.54) is 19.2 Å². The van der Waals surface area contributed by atoms with Crippen molar-refractivity contribution >= 4 is 11.7 Å². The Balaban J connectivity index is 2.16. The highest BCUT2D eigenvalue weighted by Gasteiger charge is 2.28. The lowest BCUT2D eigenvalue weighted by molar-refractivity contribution is 0.0698. The molecule has 0 saturated carbocycles. The van der Waals surface area contributed by atoms with Gasteiger partial charge in [-0.15, -0.1) is 0 Å². The molecule has 1 amide bonds. The lowest BCUT2D eigenvalue weighted by atomic mass is 9.96. The number of phenolic OH excluding ortho intramolecular Hbond substituents is 1. The Kier molecular flexibility index (Phi) is 4.52. The summed E-state index contributed by atoms with van der Waals surface area (Å²) in [6.45, 7) is 0.958. The van der Waals surface area contributed by atoms with Gasteiger partial charge in [0.25, 0.3) is 5.91 Å². The van der Waals surface area contributed by atoms with Gasteiger partial charge in [0.2, 0.25) is 0 Å². The number of rotatable bonds is 3. The Morgan fingerprint density at radius 3 is 2.90 bits per heavy atom. The molecule has 0 spiro atoms. The van der Waals surface area contributed by atoms with E-state index in [4.69, 9.17) is 15.7 Å². The fourth-order valence-corrected chi connectivity index (χ4v) is 2.47. The Morgan fingerprint density at radius 1 is 1.52 bits per heavy atom. The van der Waals surface area contributed by atoms with E-state index in [-0.39, 0.29) is 29.0 Å². The summed E-state index contributed by atoms with van der Waals surface area (Å²) in [5.74, 6) is 0.0626. The second-order valence-corrected chi connectivity index (χ2v) is 5.00. The van der Waals surface area contributed by atoms with Gasteiger partial charge in [-0.05, 0) is 25.0 Å². The van der Waals surface area contributed by atoms with Gasteiger partial charge in [-0.3, -0.25) is 4.79 Å². The molecule has 0 aliphatic carbocycles. The third kappa shape index (κ3) is 3.18. The zero-order chi connectivity index (χ0) is 15.4. The SMILES string of the molecule is COc1ccc(C(=O)N2CCCC(C(N)=NO)C2)c(O)c1. The summed E-state index contributed by atoms with van der Waals surface area (Å²) in [5.41, 5.74) is 5.83. The number of ether oxygens (including phenoxy) is 1. The van der Waals surface area contributed by atoms with Crippen LogP contribution < -0.4 is 10.5 Å². The van der Waals surface area contributed by atoms with E-state index in [0.717, 1.165) is 12.8 Å². The number of hydrogen-bond acceptors (Lipinski definition) is 5. The van der Waals surface area contributed by atoms with Crippen LogP contribution in [0.1, 0.15) is 23.2 Å². The highest BCUT2D eigenvalue weighted by atomic mass is 16.5. The third-order valence-electron chi connectivity index (χ3n) is 3.68. The summed E-state index contributed by atoms with van der Waals surface area (Å²) < 4.78 is 4.99. The first-order chi connectivity index (χ1) is 10.1. The smallest absolute Gasteiger partial charge is 0.257 e. The molecule has 1 aliphatic rings. The largest absolute Gasteiger partial charge is 0.507 e. The standard InChI is InChI=1S/C14H19N3O4/c1-21-10-4-5-11(12(18)7-10)14(19)17-6-2-3-9(8-17)13(15)16-20/h4-5,7,9,18,20H,2-3,6,8H2,1H3,(H2,15,16). The van der Waals surface area contributed by atoms with Crippen LogP contribution in [0.15, 0.2) is 23.4 Å². The number of benzene rings is 1. The van der Waals surface area contributed by atoms with Crippen LogP contribution in [0.25, 0.3) is 0 Å². The normalized spacial score (nSPS) is 19.4. The number of phenols is 1. The molecule has 0 bridgehead atoms. The molecular formula is C14H19N3O4. The summed E-state index contributed by atoms with van der Waals surface area (Å²) in [5, 5.41) is 21.7. The number of nitrogens with two attached hydrogens (primary N) is 1. The second-order valence-electron chi connectivity index (χ2n) is 5.00. The molecule has 4 N–H and O–H groups in total. The van der Waals surface area contributed by atoms with Gasteiger partial charge in [-0.1, -0.05) is 5.16 Å². The molecule has 7 nitrogen and oxygen atoms in total. The molecule has 1 aromatic carbocycles. The number of piperidine rings is 1. The highest BCUT2D eigenvalue weighted by molar-refractivity contribution is 5.97. The van der Waals surface area contributed by atoms with E-state index < -0.39 is 0 Å². The molecular weight excluding hydrogens is 274 g/mol. The molecule has 114 valence electrons. The second kappa shape index (κ2) is 6.34. The number of carbonyl (C=O) groups excluding carboxylic acids is 1. The molecule has 1 unspecified atom stereocenters. The molecule has 1 aromatic rings. The monoisotopic (exact) mass is 293 g/mol. The first-order valence-electron chi connectivity index (χ1n) is 6.70. The van der Waals surface area contributed by atoms with Crippen LogP contribution >= 0.6 is 0 Å². The fraction of sp³-hybridized carbons (Fsp3) is 0.429. The number of amidine groups is 1. The third-order valence-corrected chi connectivity index (χ3v) is 3.68. The Bertz CT molecular complexity index is 559. The van der Waals surface area contributed by atoms with Gasteiger partial charge < -0.3 is 25.7 Å². The van der Waals surface area contributed by atoms with Crippen LogP contribution in [0.4, 0.5) is 0 Å². The van der Waals surface area contributed by atoms with E-state index in [1.54, 1.807) is 11.0 Å². The number of aromatic hydroxyl groups is 1. The minimum Gasteiger partial charge on any atom is -0.507 e. The maximum absolute atomic E-state index is 12.5. The quantitative estimate of drug-likeness (QED) is 0.333. The lowest BCUT2D eigenvalue weighted by Gasteiger charge is -2.32. The summed E-state index contributed by atoms with van der Waals surface area (Å²) in [4.78, 5) is 14.1. The number of methoxy groups -OCH3 is 1. The summed E-state index contributed by atoms with van der Waals surface area (Å²) >= 11 is 0. The summed E-state index contributed by atoms with van der Waals surface area (Å²) in [7, 11) is 1.49. The van der Waals surface area contributed by atoms with Crippen molar-refractivity contribution in [1.29, 1.82) is 0 Å². The summed E-state index contributed by atoms with van der Waals surface area (Å²) in [6.07, 6.45) is 1.54. The summed E-state index contributed by atoms with van der Waals surface area (Å²) in [6, 6.07) is 4.56. The van der Waals surface area contributed by atoms with Gasteiger partial charge in [0.15, 0.2) is 0 Å². The average Bonchev–Trinajstić information content (AvgIpc) is 2.53. The number of amides is 1. The first-order valence-corrected chi connectivity index (χ1v) is 6.70. The minimum atomic E-state index is -0.273. The Hall–Kier alpha value is -2.44. The molecule has 1 aliphatic heterocycles. The van der Waals surface area contributed by atoms with Crippen LogP contribution in [0.3, 0.4) is 0 Å². The van der Waals surface area contributed by atoms with Gasteiger partial charge in [-0.25, -0.2) is 0 Å². The molecule has 7 heteroatoms. The van der Waals surface area contributed by atoms with Gasteiger partial charge in [0.05, 0.1) is 12.7 Å². The van der Waals surface area contributed by atoms with Gasteiger partial charge in [0.1, 0.15) is 17.3 Å². The van der Waals surface area contributed by atoms with Crippen molar-refractivity contribution in [1.82, 2.24) is 4.90 Å². The van der Waals surface area contributed by atoms with E-state index in [9.17, 15) is 9.90 Å². The number of carbonyl (C=O) groups is 1. The van der Waals surface area contributed by atoms with Crippen molar-refractivity contribution in [2.45, 2.75) is 12.8 Å². The fourth-order valence-electron chi connectivity index (χ4n) is 2.47. The van der Waals surface area contributed by atoms with E-state index in [1.807, 2.05) is 0 Å². The van der Waals surface area contributed by atoms with Crippen LogP contribution in [-0.2, 0) is 0 Å². The van der Waals surface area contributed by atoms with Crippen LogP contribution in [0.2, 0.25) is 0 Å². The number of oxime groups is 1. The Morgan fingerprint density at radius 2 is 2.29 bits per heavy atom. The first kappa shape index (κ1) is 15.0. The van der Waals surface area contributed by atoms with Crippen LogP contribution in [0, 0.1) is 5.92 Å². The van der Waals surface area contributed by atoms with Crippen molar-refractivity contribution in [3.63, 3.8) is 0 Å². The molecule has 2 rings (SSSR count). The minimum absolute atomic E-state index is 0.120. The zero-order valence-corrected chi connectivity index (χ0v) is 11.8. The van der Waals surface area contributed by atoms with Crippen molar-refractivity contribution in [3.05, 3.63) is 23.8 Å². The molecule has 1 fully saturated rings. The molecule has 0 radical (unpaired) electrons. The number of hydrogen-bond donors (Lipinski definition) is 3. The molecule has 1 atom stereocenters. The van der Waals surface area contributed by atoms with Gasteiger partial charge in [0, 0.05) is 25.1 Å². The molecule has 1 heterocycles. The average molecular weight is 293 g/mol. The predicted octanol–water partition coefficient (Wildman–Crippen LogP) is 0.999. The zero-order valence-electron chi connectivity index (χ0n) is 11.8. The predicted molar refractivity (Wildman–Crippen MR) is 76.7 cm³/mol. The van der Waals surface area contributed by atoms with Gasteiger partial charge in [-0.2, -0.15) is 0 Å². The van der Waals surface area contributed by atoms with E-state index in [0.29, 0.717) is 18.8 Å². The van der Waals surface area contributed by atoms with Crippen LogP contribution in [-0.4, -0.2) is 47.2 Å². The highest BCUT2D eigenvalue weighted by Crippen LogP contribution is 2.26. The maximum atomic E-state index is 12.5. The van der Waals surface area contributed by atoms with Crippen molar-refractivity contribution < 1.29 is 19.8 Å². The van der Waals surface area contributed by atoms with Gasteiger partial charge >= 0.3 is 0 Å². The van der Waals surface area contributed by atoms with Crippen LogP contribution in [0.5, 0.6) is 11.5 Å². The molecule has 21 heavy (non-hydrogen) atoms. The lowest BCUT2D eigenvalue weighted by Crippen LogP contribution is -2.44. The number of likely N-dealkylation sites (tertiary alicyclic amines) is 1. The Labute approximate surface area is 122 Å². The number of nitrogens with zero attached hydrogens (tertiary/aromatic N) is 2. The van der Waals surface area contributed by atoms with Crippen molar-refractivity contribution in [2.24, 2.45) is 16.8 Å². The van der Waals surface area contributed by atoms with E-state index in [2.05, 4.69) is 5.16 Å². The maximum Gasteiger partial charge on any atom is 0.257 e. The topological polar surface area (TPSA) is 108 Å². The van der Waals surface area contributed by atoms with E-state index >= 15 is 0 Å². The van der Waals surface area contributed by atoms with Crippen molar-refractivity contribution in [3.8, 4) is 11.5 Å².